The molecule has 0 aromatic carbocycles. The van der Waals surface area contributed by atoms with Crippen molar-refractivity contribution < 1.29 is 0 Å². The van der Waals surface area contributed by atoms with Crippen LogP contribution in [0.15, 0.2) is 29.4 Å². The van der Waals surface area contributed by atoms with Gasteiger partial charge in [-0.1, -0.05) is 6.07 Å². The van der Waals surface area contributed by atoms with Gasteiger partial charge in [0.25, 0.3) is 0 Å². The first-order valence-electron chi connectivity index (χ1n) is 3.45. The molecule has 0 saturated carbocycles. The minimum atomic E-state index is 0.573. The molecule has 1 rings (SSSR count). The molecule has 0 bridgehead atoms. The Morgan fingerprint density at radius 1 is 1.64 bits per heavy atom. The van der Waals surface area contributed by atoms with E-state index in [-0.39, 0.29) is 0 Å². The Balaban J connectivity index is 2.59. The average Bonchev–Trinajstić information content (AvgIpc) is 2.03. The van der Waals surface area contributed by atoms with Crippen molar-refractivity contribution in [1.82, 2.24) is 4.98 Å². The molecule has 0 fully saturated rings. The van der Waals surface area contributed by atoms with Crippen LogP contribution in [0.1, 0.15) is 12.6 Å². The summed E-state index contributed by atoms with van der Waals surface area (Å²) in [6.45, 7) is 2.34. The van der Waals surface area contributed by atoms with Gasteiger partial charge in [0.05, 0.1) is 18.1 Å². The van der Waals surface area contributed by atoms with Crippen molar-refractivity contribution in [3.8, 4) is 0 Å². The van der Waals surface area contributed by atoms with Gasteiger partial charge in [-0.05, 0) is 19.1 Å². The molecule has 0 radical (unpaired) electrons. The number of aromatic nitrogens is 1. The van der Waals surface area contributed by atoms with Gasteiger partial charge in [0.1, 0.15) is 0 Å². The lowest BCUT2D eigenvalue weighted by Gasteiger charge is -1.93. The van der Waals surface area contributed by atoms with E-state index in [9.17, 15) is 0 Å². The summed E-state index contributed by atoms with van der Waals surface area (Å²) in [5.41, 5.74) is 6.30. The van der Waals surface area contributed by atoms with Gasteiger partial charge in [-0.3, -0.25) is 9.98 Å². The van der Waals surface area contributed by atoms with Gasteiger partial charge >= 0.3 is 0 Å². The zero-order valence-corrected chi connectivity index (χ0v) is 6.49. The normalized spacial score (nSPS) is 11.5. The summed E-state index contributed by atoms with van der Waals surface area (Å²) in [4.78, 5) is 8.11. The van der Waals surface area contributed by atoms with Crippen LogP contribution >= 0.6 is 0 Å². The Labute approximate surface area is 66.0 Å². The maximum Gasteiger partial charge on any atom is 0.0910 e. The number of rotatable bonds is 2. The predicted molar refractivity (Wildman–Crippen MR) is 45.2 cm³/mol. The molecule has 0 saturated heterocycles. The third-order valence-electron chi connectivity index (χ3n) is 1.22. The van der Waals surface area contributed by atoms with Gasteiger partial charge in [-0.25, -0.2) is 0 Å². The summed E-state index contributed by atoms with van der Waals surface area (Å²) >= 11 is 0. The van der Waals surface area contributed by atoms with Crippen molar-refractivity contribution >= 4 is 5.84 Å². The van der Waals surface area contributed by atoms with Gasteiger partial charge in [0.2, 0.25) is 0 Å². The van der Waals surface area contributed by atoms with Crippen LogP contribution in [0.25, 0.3) is 0 Å². The van der Waals surface area contributed by atoms with Crippen molar-refractivity contribution in [3.63, 3.8) is 0 Å². The fourth-order valence-corrected chi connectivity index (χ4v) is 0.697. The number of hydrogen-bond acceptors (Lipinski definition) is 2. The predicted octanol–water partition coefficient (Wildman–Crippen LogP) is 0.959. The van der Waals surface area contributed by atoms with E-state index in [1.807, 2.05) is 18.2 Å². The van der Waals surface area contributed by atoms with E-state index in [0.29, 0.717) is 12.4 Å². The molecule has 1 heterocycles. The van der Waals surface area contributed by atoms with E-state index >= 15 is 0 Å². The average molecular weight is 149 g/mol. The van der Waals surface area contributed by atoms with E-state index in [1.165, 1.54) is 0 Å². The lowest BCUT2D eigenvalue weighted by atomic mass is 10.3. The molecule has 3 nitrogen and oxygen atoms in total. The topological polar surface area (TPSA) is 51.3 Å². The maximum atomic E-state index is 5.36. The monoisotopic (exact) mass is 149 g/mol. The van der Waals surface area contributed by atoms with Crippen molar-refractivity contribution in [2.24, 2.45) is 10.7 Å². The molecule has 3 heteroatoms. The Morgan fingerprint density at radius 2 is 2.45 bits per heavy atom. The van der Waals surface area contributed by atoms with Gasteiger partial charge in [0.15, 0.2) is 0 Å². The first-order valence-corrected chi connectivity index (χ1v) is 3.45. The number of amidine groups is 1. The van der Waals surface area contributed by atoms with Gasteiger partial charge in [-0.15, -0.1) is 0 Å². The molecule has 0 aliphatic heterocycles. The van der Waals surface area contributed by atoms with Crippen LogP contribution in [-0.4, -0.2) is 10.8 Å². The van der Waals surface area contributed by atoms with E-state index < -0.39 is 0 Å². The molecule has 1 aromatic rings. The van der Waals surface area contributed by atoms with Crippen molar-refractivity contribution in [2.45, 2.75) is 13.5 Å². The molecule has 0 unspecified atom stereocenters. The lowest BCUT2D eigenvalue weighted by molar-refractivity contribution is 0.984. The van der Waals surface area contributed by atoms with Crippen molar-refractivity contribution in [1.29, 1.82) is 0 Å². The smallest absolute Gasteiger partial charge is 0.0910 e. The van der Waals surface area contributed by atoms with Gasteiger partial charge in [-0.2, -0.15) is 0 Å². The summed E-state index contributed by atoms with van der Waals surface area (Å²) in [7, 11) is 0. The zero-order chi connectivity index (χ0) is 8.10. The molecule has 0 spiro atoms. The molecular formula is C8H11N3. The number of hydrogen-bond donors (Lipinski definition) is 1. The summed E-state index contributed by atoms with van der Waals surface area (Å²) in [5.74, 6) is 0.593. The number of aliphatic imine (C=N–C) groups is 1. The molecule has 58 valence electrons. The van der Waals surface area contributed by atoms with Gasteiger partial charge < -0.3 is 5.73 Å². The molecule has 0 aliphatic rings. The van der Waals surface area contributed by atoms with Crippen LogP contribution in [0.3, 0.4) is 0 Å². The molecule has 1 aromatic heterocycles. The molecule has 0 amide bonds. The summed E-state index contributed by atoms with van der Waals surface area (Å²) in [6.07, 6.45) is 1.75. The van der Waals surface area contributed by atoms with E-state index in [0.717, 1.165) is 5.69 Å². The largest absolute Gasteiger partial charge is 0.388 e. The van der Waals surface area contributed by atoms with Crippen molar-refractivity contribution in [3.05, 3.63) is 30.1 Å². The van der Waals surface area contributed by atoms with Crippen LogP contribution in [0.4, 0.5) is 0 Å². The molecule has 0 atom stereocenters. The standard InChI is InChI=1S/C8H11N3/c1-7(9)11-6-8-4-2-3-5-10-8/h2-5H,6H2,1H3,(H2,9,11). The highest BCUT2D eigenvalue weighted by Crippen LogP contribution is 1.94. The molecular weight excluding hydrogens is 138 g/mol. The second-order valence-electron chi connectivity index (χ2n) is 2.28. The second-order valence-corrected chi connectivity index (χ2v) is 2.28. The van der Waals surface area contributed by atoms with E-state index in [4.69, 9.17) is 5.73 Å². The number of nitrogens with zero attached hydrogens (tertiary/aromatic N) is 2. The first kappa shape index (κ1) is 7.72. The summed E-state index contributed by atoms with van der Waals surface area (Å²) in [6, 6.07) is 5.73. The Hall–Kier alpha value is -1.38. The third kappa shape index (κ3) is 2.80. The minimum Gasteiger partial charge on any atom is -0.388 e. The third-order valence-corrected chi connectivity index (χ3v) is 1.22. The van der Waals surface area contributed by atoms with E-state index in [1.54, 1.807) is 13.1 Å². The highest BCUT2D eigenvalue weighted by atomic mass is 14.9. The highest BCUT2D eigenvalue weighted by molar-refractivity contribution is 5.77. The Kier molecular flexibility index (Phi) is 2.60. The number of nitrogens with two attached hydrogens (primary N) is 1. The van der Waals surface area contributed by atoms with Crippen LogP contribution < -0.4 is 5.73 Å². The summed E-state index contributed by atoms with van der Waals surface area (Å²) in [5, 5.41) is 0. The fraction of sp³-hybridized carbons (Fsp3) is 0.250. The second kappa shape index (κ2) is 3.71. The van der Waals surface area contributed by atoms with Crippen LogP contribution in [-0.2, 0) is 6.54 Å². The lowest BCUT2D eigenvalue weighted by Crippen LogP contribution is -2.05. The van der Waals surface area contributed by atoms with Crippen LogP contribution in [0.2, 0.25) is 0 Å². The number of pyridine rings is 1. The Bertz CT molecular complexity index is 237. The summed E-state index contributed by atoms with van der Waals surface area (Å²) < 4.78 is 0. The fourth-order valence-electron chi connectivity index (χ4n) is 0.697. The van der Waals surface area contributed by atoms with Crippen LogP contribution in [0, 0.1) is 0 Å². The van der Waals surface area contributed by atoms with Gasteiger partial charge in [0, 0.05) is 6.20 Å². The van der Waals surface area contributed by atoms with E-state index in [2.05, 4.69) is 9.98 Å². The maximum absolute atomic E-state index is 5.36. The van der Waals surface area contributed by atoms with Crippen molar-refractivity contribution in [2.75, 3.05) is 0 Å². The Morgan fingerprint density at radius 3 is 3.00 bits per heavy atom. The molecule has 11 heavy (non-hydrogen) atoms. The highest BCUT2D eigenvalue weighted by Gasteiger charge is 1.88. The molecule has 2 N–H and O–H groups in total. The first-order chi connectivity index (χ1) is 5.29. The van der Waals surface area contributed by atoms with Crippen LogP contribution in [0.5, 0.6) is 0 Å². The quantitative estimate of drug-likeness (QED) is 0.503. The SMILES string of the molecule is CC(N)=NCc1ccccn1. The molecule has 0 aliphatic carbocycles. The minimum absolute atomic E-state index is 0.573. The zero-order valence-electron chi connectivity index (χ0n) is 6.49.